The number of carbonyl (C=O) groups excluding carboxylic acids is 1. The summed E-state index contributed by atoms with van der Waals surface area (Å²) >= 11 is 1.39. The monoisotopic (exact) mass is 582 g/mol. The average Bonchev–Trinajstić information content (AvgIpc) is 3.44. The highest BCUT2D eigenvalue weighted by atomic mass is 32.2. The van der Waals surface area contributed by atoms with Gasteiger partial charge in [-0.15, -0.1) is 10.2 Å². The van der Waals surface area contributed by atoms with Gasteiger partial charge >= 0.3 is 6.03 Å². The molecule has 5 aromatic rings. The van der Waals surface area contributed by atoms with Gasteiger partial charge in [0, 0.05) is 36.5 Å². The third-order valence-electron chi connectivity index (χ3n) is 6.45. The molecule has 0 radical (unpaired) electrons. The fourth-order valence-corrected chi connectivity index (χ4v) is 5.25. The summed E-state index contributed by atoms with van der Waals surface area (Å²) in [6, 6.07) is 30.6. The number of carbonyl (C=O) groups is 1. The summed E-state index contributed by atoms with van der Waals surface area (Å²) in [5, 5.41) is 26.7. The lowest BCUT2D eigenvalue weighted by atomic mass is 10.1. The molecule has 0 saturated heterocycles. The van der Waals surface area contributed by atoms with Crippen LogP contribution in [0.25, 0.3) is 5.69 Å². The van der Waals surface area contributed by atoms with Gasteiger partial charge in [-0.25, -0.2) is 9.18 Å². The number of urea groups is 1. The van der Waals surface area contributed by atoms with Crippen LogP contribution in [0.3, 0.4) is 0 Å². The van der Waals surface area contributed by atoms with Crippen LogP contribution in [0.4, 0.5) is 14.9 Å². The Hall–Kier alpha value is -5.03. The van der Waals surface area contributed by atoms with E-state index in [1.807, 2.05) is 60.7 Å². The molecule has 0 spiro atoms. The zero-order chi connectivity index (χ0) is 29.3. The van der Waals surface area contributed by atoms with Gasteiger partial charge in [0.15, 0.2) is 11.0 Å². The lowest BCUT2D eigenvalue weighted by Crippen LogP contribution is -2.39. The van der Waals surface area contributed by atoms with Crippen LogP contribution in [0.15, 0.2) is 114 Å². The predicted octanol–water partition coefficient (Wildman–Crippen LogP) is 6.39. The van der Waals surface area contributed by atoms with Crippen molar-refractivity contribution < 1.29 is 14.1 Å². The summed E-state index contributed by atoms with van der Waals surface area (Å²) in [5.41, 5.74) is 3.38. The SMILES string of the molecule is O=C(NCc1ccccc1)NC(Cc1ccccc1)c1nnc(SCc2ccc(F)cc2)n1-c1ccc([N+](=O)[O-])cc1. The lowest BCUT2D eigenvalue weighted by molar-refractivity contribution is -0.384. The number of non-ortho nitro benzene ring substituents is 1. The van der Waals surface area contributed by atoms with E-state index in [1.165, 1.54) is 36.0 Å². The number of hydrogen-bond donors (Lipinski definition) is 2. The van der Waals surface area contributed by atoms with Gasteiger partial charge in [-0.05, 0) is 41.0 Å². The van der Waals surface area contributed by atoms with Gasteiger partial charge in [-0.3, -0.25) is 14.7 Å². The summed E-state index contributed by atoms with van der Waals surface area (Å²) < 4.78 is 15.2. The summed E-state index contributed by atoms with van der Waals surface area (Å²) in [4.78, 5) is 24.0. The van der Waals surface area contributed by atoms with Crippen molar-refractivity contribution in [3.63, 3.8) is 0 Å². The number of amides is 2. The second-order valence-electron chi connectivity index (χ2n) is 9.42. The van der Waals surface area contributed by atoms with Crippen molar-refractivity contribution in [3.8, 4) is 5.69 Å². The number of halogens is 1. The minimum absolute atomic E-state index is 0.0480. The number of hydrogen-bond acceptors (Lipinski definition) is 6. The quantitative estimate of drug-likeness (QED) is 0.106. The van der Waals surface area contributed by atoms with Crippen LogP contribution < -0.4 is 10.6 Å². The first kappa shape index (κ1) is 28.5. The normalized spacial score (nSPS) is 11.5. The maximum Gasteiger partial charge on any atom is 0.315 e. The number of thioether (sulfide) groups is 1. The molecule has 0 aliphatic rings. The molecule has 0 saturated carbocycles. The smallest absolute Gasteiger partial charge is 0.315 e. The molecule has 1 unspecified atom stereocenters. The Morgan fingerprint density at radius 2 is 1.50 bits per heavy atom. The van der Waals surface area contributed by atoms with E-state index in [2.05, 4.69) is 20.8 Å². The predicted molar refractivity (Wildman–Crippen MR) is 159 cm³/mol. The summed E-state index contributed by atoms with van der Waals surface area (Å²) in [6.07, 6.45) is 0.424. The number of nitro groups is 1. The summed E-state index contributed by atoms with van der Waals surface area (Å²) in [7, 11) is 0. The van der Waals surface area contributed by atoms with Crippen LogP contribution >= 0.6 is 11.8 Å². The van der Waals surface area contributed by atoms with Gasteiger partial charge in [0.2, 0.25) is 0 Å². The van der Waals surface area contributed by atoms with Crippen molar-refractivity contribution in [2.24, 2.45) is 0 Å². The van der Waals surface area contributed by atoms with E-state index in [9.17, 15) is 19.3 Å². The molecule has 0 aliphatic carbocycles. The van der Waals surface area contributed by atoms with E-state index in [0.29, 0.717) is 35.4 Å². The second-order valence-corrected chi connectivity index (χ2v) is 10.4. The molecule has 1 atom stereocenters. The Labute approximate surface area is 246 Å². The van der Waals surface area contributed by atoms with Crippen molar-refractivity contribution >= 4 is 23.5 Å². The number of nitrogens with zero attached hydrogens (tertiary/aromatic N) is 4. The number of benzene rings is 4. The van der Waals surface area contributed by atoms with Gasteiger partial charge < -0.3 is 10.6 Å². The molecule has 42 heavy (non-hydrogen) atoms. The average molecular weight is 583 g/mol. The Morgan fingerprint density at radius 3 is 2.14 bits per heavy atom. The molecule has 11 heteroatoms. The van der Waals surface area contributed by atoms with E-state index >= 15 is 0 Å². The van der Waals surface area contributed by atoms with Crippen molar-refractivity contribution in [2.75, 3.05) is 0 Å². The number of nitrogens with one attached hydrogen (secondary N) is 2. The van der Waals surface area contributed by atoms with E-state index in [4.69, 9.17) is 0 Å². The third kappa shape index (κ3) is 7.38. The van der Waals surface area contributed by atoms with Crippen LogP contribution in [0, 0.1) is 15.9 Å². The Bertz CT molecular complexity index is 1630. The van der Waals surface area contributed by atoms with E-state index < -0.39 is 11.0 Å². The Morgan fingerprint density at radius 1 is 0.857 bits per heavy atom. The Kier molecular flexibility index (Phi) is 9.20. The number of aromatic nitrogens is 3. The maximum absolute atomic E-state index is 13.4. The van der Waals surface area contributed by atoms with Crippen LogP contribution in [0.1, 0.15) is 28.6 Å². The lowest BCUT2D eigenvalue weighted by Gasteiger charge is -2.20. The van der Waals surface area contributed by atoms with E-state index in [0.717, 1.165) is 16.7 Å². The molecule has 212 valence electrons. The highest BCUT2D eigenvalue weighted by Gasteiger charge is 2.25. The molecule has 2 amide bonds. The van der Waals surface area contributed by atoms with Gasteiger partial charge in [-0.1, -0.05) is 84.6 Å². The molecule has 0 bridgehead atoms. The molecular weight excluding hydrogens is 555 g/mol. The molecule has 0 fully saturated rings. The summed E-state index contributed by atoms with van der Waals surface area (Å²) in [5.74, 6) is 0.629. The van der Waals surface area contributed by atoms with E-state index in [1.54, 1.807) is 28.8 Å². The summed E-state index contributed by atoms with van der Waals surface area (Å²) in [6.45, 7) is 0.346. The largest absolute Gasteiger partial charge is 0.334 e. The first-order chi connectivity index (χ1) is 20.5. The van der Waals surface area contributed by atoms with Gasteiger partial charge in [0.1, 0.15) is 5.82 Å². The standard InChI is InChI=1S/C31H27FN6O3S/c32-25-13-11-24(12-14-25)21-42-31-36-35-29(37(31)26-15-17-27(18-16-26)38(40)41)28(19-22-7-3-1-4-8-22)34-30(39)33-20-23-9-5-2-6-10-23/h1-18,28H,19-21H2,(H2,33,34,39). The fraction of sp³-hybridized carbons (Fsp3) is 0.129. The van der Waals surface area contributed by atoms with Crippen LogP contribution in [0.2, 0.25) is 0 Å². The van der Waals surface area contributed by atoms with Gasteiger partial charge in [0.25, 0.3) is 5.69 Å². The zero-order valence-electron chi connectivity index (χ0n) is 22.4. The van der Waals surface area contributed by atoms with Gasteiger partial charge in [0.05, 0.1) is 11.0 Å². The highest BCUT2D eigenvalue weighted by Crippen LogP contribution is 2.30. The maximum atomic E-state index is 13.4. The van der Waals surface area contributed by atoms with Crippen LogP contribution in [-0.4, -0.2) is 25.7 Å². The molecule has 9 nitrogen and oxygen atoms in total. The molecule has 4 aromatic carbocycles. The van der Waals surface area contributed by atoms with Crippen LogP contribution in [-0.2, 0) is 18.7 Å². The third-order valence-corrected chi connectivity index (χ3v) is 7.45. The molecule has 2 N–H and O–H groups in total. The molecule has 0 aliphatic heterocycles. The van der Waals surface area contributed by atoms with Crippen molar-refractivity contribution in [2.45, 2.75) is 29.9 Å². The number of rotatable bonds is 11. The molecule has 1 heterocycles. The minimum Gasteiger partial charge on any atom is -0.334 e. The van der Waals surface area contributed by atoms with Crippen molar-refractivity contribution in [1.29, 1.82) is 0 Å². The fourth-order valence-electron chi connectivity index (χ4n) is 4.34. The first-order valence-corrected chi connectivity index (χ1v) is 14.1. The topological polar surface area (TPSA) is 115 Å². The van der Waals surface area contributed by atoms with Crippen molar-refractivity contribution in [3.05, 3.63) is 148 Å². The second kappa shape index (κ2) is 13.6. The Balaban J connectivity index is 1.48. The van der Waals surface area contributed by atoms with E-state index in [-0.39, 0.29) is 17.5 Å². The van der Waals surface area contributed by atoms with Crippen molar-refractivity contribution in [1.82, 2.24) is 25.4 Å². The van der Waals surface area contributed by atoms with Crippen LogP contribution in [0.5, 0.6) is 0 Å². The van der Waals surface area contributed by atoms with Gasteiger partial charge in [-0.2, -0.15) is 0 Å². The molecule has 1 aromatic heterocycles. The number of nitro benzene ring substituents is 1. The molecule has 5 rings (SSSR count). The highest BCUT2D eigenvalue weighted by molar-refractivity contribution is 7.98. The molecular formula is C31H27FN6O3S. The minimum atomic E-state index is -0.592. The zero-order valence-corrected chi connectivity index (χ0v) is 23.2. The first-order valence-electron chi connectivity index (χ1n) is 13.2.